The van der Waals surface area contributed by atoms with Gasteiger partial charge in [-0.05, 0) is 61.9 Å². The molecule has 8 heteroatoms. The Balaban J connectivity index is 1.47. The van der Waals surface area contributed by atoms with Crippen LogP contribution in [0.4, 0.5) is 0 Å². The minimum atomic E-state index is -3.28. The molecule has 1 aliphatic heterocycles. The van der Waals surface area contributed by atoms with E-state index in [1.807, 2.05) is 24.3 Å². The Labute approximate surface area is 184 Å². The molecule has 0 radical (unpaired) electrons. The Kier molecular flexibility index (Phi) is 8.06. The van der Waals surface area contributed by atoms with Crippen LogP contribution in [0.2, 0.25) is 0 Å². The Bertz CT molecular complexity index is 970. The number of sulfone groups is 1. The standard InChI is InChI=1S/C23H30N2O5S/c1-25(20-10-13-29-14-11-20)12-15-30-21-5-3-4-18(16-21)17-24-23(26)19-6-8-22(9-7-19)31(2,27)28/h3-9,16,20H,10-15,17H2,1-2H3,(H,24,26). The van der Waals surface area contributed by atoms with E-state index in [1.165, 1.54) is 24.3 Å². The Morgan fingerprint density at radius 1 is 1.16 bits per heavy atom. The summed E-state index contributed by atoms with van der Waals surface area (Å²) in [7, 11) is -1.16. The van der Waals surface area contributed by atoms with Crippen LogP contribution < -0.4 is 10.1 Å². The molecule has 0 aliphatic carbocycles. The summed E-state index contributed by atoms with van der Waals surface area (Å²) in [4.78, 5) is 14.9. The molecule has 0 atom stereocenters. The molecule has 2 aromatic rings. The maximum Gasteiger partial charge on any atom is 0.251 e. The van der Waals surface area contributed by atoms with Crippen LogP contribution in [0.1, 0.15) is 28.8 Å². The van der Waals surface area contributed by atoms with Gasteiger partial charge in [0.2, 0.25) is 0 Å². The van der Waals surface area contributed by atoms with Gasteiger partial charge in [0.25, 0.3) is 5.91 Å². The van der Waals surface area contributed by atoms with E-state index in [4.69, 9.17) is 9.47 Å². The van der Waals surface area contributed by atoms with Gasteiger partial charge in [-0.15, -0.1) is 0 Å². The monoisotopic (exact) mass is 446 g/mol. The summed E-state index contributed by atoms with van der Waals surface area (Å²) in [6.07, 6.45) is 3.26. The van der Waals surface area contributed by atoms with Gasteiger partial charge in [0, 0.05) is 44.2 Å². The van der Waals surface area contributed by atoms with E-state index >= 15 is 0 Å². The Morgan fingerprint density at radius 3 is 2.55 bits per heavy atom. The second-order valence-electron chi connectivity index (χ2n) is 7.80. The number of likely N-dealkylation sites (N-methyl/N-ethyl adjacent to an activating group) is 1. The molecule has 7 nitrogen and oxygen atoms in total. The number of carbonyl (C=O) groups is 1. The summed E-state index contributed by atoms with van der Waals surface area (Å²) >= 11 is 0. The predicted octanol–water partition coefficient (Wildman–Crippen LogP) is 2.51. The van der Waals surface area contributed by atoms with E-state index in [0.717, 1.165) is 50.2 Å². The second-order valence-corrected chi connectivity index (χ2v) is 9.81. The van der Waals surface area contributed by atoms with Gasteiger partial charge in [-0.3, -0.25) is 9.69 Å². The highest BCUT2D eigenvalue weighted by molar-refractivity contribution is 7.90. The molecule has 0 saturated carbocycles. The first-order chi connectivity index (χ1) is 14.8. The highest BCUT2D eigenvalue weighted by Gasteiger charge is 2.18. The number of nitrogens with zero attached hydrogens (tertiary/aromatic N) is 1. The van der Waals surface area contributed by atoms with Crippen molar-refractivity contribution in [2.24, 2.45) is 0 Å². The quantitative estimate of drug-likeness (QED) is 0.637. The zero-order chi connectivity index (χ0) is 22.3. The van der Waals surface area contributed by atoms with Gasteiger partial charge in [-0.2, -0.15) is 0 Å². The SMILES string of the molecule is CN(CCOc1cccc(CNC(=O)c2ccc(S(C)(=O)=O)cc2)c1)C1CCOCC1. The molecule has 1 N–H and O–H groups in total. The van der Waals surface area contributed by atoms with Gasteiger partial charge < -0.3 is 14.8 Å². The first-order valence-corrected chi connectivity index (χ1v) is 12.3. The molecule has 0 bridgehead atoms. The number of benzene rings is 2. The van der Waals surface area contributed by atoms with Gasteiger partial charge in [-0.1, -0.05) is 12.1 Å². The average Bonchev–Trinajstić information content (AvgIpc) is 2.78. The van der Waals surface area contributed by atoms with Crippen molar-refractivity contribution in [1.82, 2.24) is 10.2 Å². The average molecular weight is 447 g/mol. The molecule has 2 aromatic carbocycles. The van der Waals surface area contributed by atoms with Crippen LogP contribution in [0.25, 0.3) is 0 Å². The molecular formula is C23H30N2O5S. The summed E-state index contributed by atoms with van der Waals surface area (Å²) in [5.41, 5.74) is 1.34. The van der Waals surface area contributed by atoms with Crippen LogP contribution in [0.15, 0.2) is 53.4 Å². The number of ether oxygens (including phenoxy) is 2. The lowest BCUT2D eigenvalue weighted by atomic mass is 10.1. The van der Waals surface area contributed by atoms with E-state index < -0.39 is 9.84 Å². The fourth-order valence-electron chi connectivity index (χ4n) is 3.50. The van der Waals surface area contributed by atoms with Crippen LogP contribution >= 0.6 is 0 Å². The summed E-state index contributed by atoms with van der Waals surface area (Å²) in [6.45, 7) is 3.44. The fraction of sp³-hybridized carbons (Fsp3) is 0.435. The molecule has 1 fully saturated rings. The van der Waals surface area contributed by atoms with E-state index in [1.54, 1.807) is 0 Å². The molecule has 0 unspecified atom stereocenters. The molecule has 1 saturated heterocycles. The van der Waals surface area contributed by atoms with Crippen molar-refractivity contribution in [2.45, 2.75) is 30.3 Å². The zero-order valence-corrected chi connectivity index (χ0v) is 18.9. The summed E-state index contributed by atoms with van der Waals surface area (Å²) in [6, 6.07) is 14.1. The maximum atomic E-state index is 12.4. The van der Waals surface area contributed by atoms with E-state index in [9.17, 15) is 13.2 Å². The molecule has 31 heavy (non-hydrogen) atoms. The first-order valence-electron chi connectivity index (χ1n) is 10.4. The molecule has 1 heterocycles. The number of nitrogens with one attached hydrogen (secondary N) is 1. The molecule has 0 spiro atoms. The molecule has 168 valence electrons. The van der Waals surface area contributed by atoms with Crippen LogP contribution in [0.5, 0.6) is 5.75 Å². The summed E-state index contributed by atoms with van der Waals surface area (Å²) in [5.74, 6) is 0.508. The van der Waals surface area contributed by atoms with Gasteiger partial charge in [0.05, 0.1) is 4.90 Å². The lowest BCUT2D eigenvalue weighted by molar-refractivity contribution is 0.0392. The summed E-state index contributed by atoms with van der Waals surface area (Å²) in [5, 5.41) is 2.85. The van der Waals surface area contributed by atoms with Crippen LogP contribution in [0, 0.1) is 0 Å². The number of amides is 1. The van der Waals surface area contributed by atoms with E-state index in [2.05, 4.69) is 17.3 Å². The third-order valence-corrected chi connectivity index (χ3v) is 6.55. The molecule has 0 aromatic heterocycles. The predicted molar refractivity (Wildman–Crippen MR) is 119 cm³/mol. The topological polar surface area (TPSA) is 84.9 Å². The van der Waals surface area contributed by atoms with Crippen LogP contribution in [0.3, 0.4) is 0 Å². The van der Waals surface area contributed by atoms with Crippen molar-refractivity contribution < 1.29 is 22.7 Å². The largest absolute Gasteiger partial charge is 0.492 e. The second kappa shape index (κ2) is 10.7. The number of hydrogen-bond donors (Lipinski definition) is 1. The third kappa shape index (κ3) is 7.05. The molecule has 3 rings (SSSR count). The smallest absolute Gasteiger partial charge is 0.251 e. The number of rotatable bonds is 9. The zero-order valence-electron chi connectivity index (χ0n) is 18.0. The molecular weight excluding hydrogens is 416 g/mol. The Morgan fingerprint density at radius 2 is 1.87 bits per heavy atom. The van der Waals surface area contributed by atoms with Crippen molar-refractivity contribution >= 4 is 15.7 Å². The van der Waals surface area contributed by atoms with E-state index in [-0.39, 0.29) is 10.8 Å². The first kappa shape index (κ1) is 23.2. The third-order valence-electron chi connectivity index (χ3n) is 5.42. The summed E-state index contributed by atoms with van der Waals surface area (Å²) < 4.78 is 34.4. The van der Waals surface area contributed by atoms with Crippen molar-refractivity contribution in [3.05, 3.63) is 59.7 Å². The fourth-order valence-corrected chi connectivity index (χ4v) is 4.13. The van der Waals surface area contributed by atoms with Gasteiger partial charge in [0.1, 0.15) is 12.4 Å². The van der Waals surface area contributed by atoms with Gasteiger partial charge in [-0.25, -0.2) is 8.42 Å². The highest BCUT2D eigenvalue weighted by atomic mass is 32.2. The van der Waals surface area contributed by atoms with Gasteiger partial charge in [0.15, 0.2) is 9.84 Å². The number of carbonyl (C=O) groups excluding carboxylic acids is 1. The van der Waals surface area contributed by atoms with Crippen molar-refractivity contribution in [1.29, 1.82) is 0 Å². The number of hydrogen-bond acceptors (Lipinski definition) is 6. The van der Waals surface area contributed by atoms with Crippen LogP contribution in [-0.2, 0) is 21.1 Å². The minimum absolute atomic E-state index is 0.191. The lowest BCUT2D eigenvalue weighted by Crippen LogP contribution is -2.38. The molecule has 1 amide bonds. The Hall–Kier alpha value is -2.42. The highest BCUT2D eigenvalue weighted by Crippen LogP contribution is 2.16. The molecule has 1 aliphatic rings. The van der Waals surface area contributed by atoms with Crippen molar-refractivity contribution in [2.75, 3.05) is 39.7 Å². The normalized spacial score (nSPS) is 15.1. The van der Waals surface area contributed by atoms with Crippen molar-refractivity contribution in [3.63, 3.8) is 0 Å². The van der Waals surface area contributed by atoms with E-state index in [0.29, 0.717) is 24.8 Å². The van der Waals surface area contributed by atoms with Gasteiger partial charge >= 0.3 is 0 Å². The van der Waals surface area contributed by atoms with Crippen LogP contribution in [-0.4, -0.2) is 64.9 Å². The maximum absolute atomic E-state index is 12.4. The van der Waals surface area contributed by atoms with Crippen molar-refractivity contribution in [3.8, 4) is 5.75 Å². The minimum Gasteiger partial charge on any atom is -0.492 e. The lowest BCUT2D eigenvalue weighted by Gasteiger charge is -2.31.